The first-order valence-electron chi connectivity index (χ1n) is 11.9. The van der Waals surface area contributed by atoms with E-state index in [9.17, 15) is 14.4 Å². The van der Waals surface area contributed by atoms with Crippen molar-refractivity contribution in [2.24, 2.45) is 5.41 Å². The third kappa shape index (κ3) is 4.05. The number of fused-ring (bicyclic) bond motifs is 2. The molecule has 1 atom stereocenters. The van der Waals surface area contributed by atoms with Crippen LogP contribution in [0.4, 0.5) is 4.79 Å². The van der Waals surface area contributed by atoms with Gasteiger partial charge in [-0.1, -0.05) is 51.1 Å². The summed E-state index contributed by atoms with van der Waals surface area (Å²) in [4.78, 5) is 46.1. The van der Waals surface area contributed by atoms with Gasteiger partial charge < -0.3 is 9.80 Å². The molecule has 1 saturated heterocycles. The average Bonchev–Trinajstić information content (AvgIpc) is 3.29. The molecule has 7 nitrogen and oxygen atoms in total. The molecular formula is C28H30N4O3. The van der Waals surface area contributed by atoms with E-state index in [1.807, 2.05) is 68.3 Å². The van der Waals surface area contributed by atoms with Crippen LogP contribution in [0.1, 0.15) is 43.0 Å². The lowest BCUT2D eigenvalue weighted by Gasteiger charge is -2.30. The zero-order valence-electron chi connectivity index (χ0n) is 20.6. The van der Waals surface area contributed by atoms with Crippen LogP contribution in [0.3, 0.4) is 0 Å². The summed E-state index contributed by atoms with van der Waals surface area (Å²) in [6.45, 7) is 6.79. The summed E-state index contributed by atoms with van der Waals surface area (Å²) in [5, 5.41) is 3.41. The molecule has 4 amide bonds. The number of nitrogens with one attached hydrogen (secondary N) is 1. The number of likely N-dealkylation sites (N-methyl/N-ethyl adjacent to an activating group) is 1. The van der Waals surface area contributed by atoms with Gasteiger partial charge in [0.1, 0.15) is 5.54 Å². The number of benzene rings is 2. The summed E-state index contributed by atoms with van der Waals surface area (Å²) in [5.41, 5.74) is 3.61. The van der Waals surface area contributed by atoms with Gasteiger partial charge in [-0.2, -0.15) is 0 Å². The third-order valence-electron chi connectivity index (χ3n) is 7.13. The Morgan fingerprint density at radius 2 is 1.69 bits per heavy atom. The molecule has 2 aliphatic rings. The minimum Gasteiger partial charge on any atom is -0.334 e. The minimum absolute atomic E-state index is 0.0808. The van der Waals surface area contributed by atoms with Gasteiger partial charge in [-0.05, 0) is 40.5 Å². The van der Waals surface area contributed by atoms with Crippen molar-refractivity contribution in [3.63, 3.8) is 0 Å². The van der Waals surface area contributed by atoms with Gasteiger partial charge in [-0.15, -0.1) is 0 Å². The first kappa shape index (κ1) is 23.0. The van der Waals surface area contributed by atoms with E-state index in [0.717, 1.165) is 33.2 Å². The van der Waals surface area contributed by atoms with E-state index in [2.05, 4.69) is 22.4 Å². The van der Waals surface area contributed by atoms with Crippen LogP contribution in [0.5, 0.6) is 0 Å². The zero-order chi connectivity index (χ0) is 25.0. The quantitative estimate of drug-likeness (QED) is 0.588. The number of pyridine rings is 1. The lowest BCUT2D eigenvalue weighted by atomic mass is 9.94. The SMILES string of the molecule is CN1C(=O)NC(=O)[C@]12Cc1cc3cc(CN(Cc4ccccc4)C(=O)C(C)(C)C)cnc3cc1C2. The molecule has 1 aliphatic heterocycles. The topological polar surface area (TPSA) is 82.6 Å². The van der Waals surface area contributed by atoms with E-state index >= 15 is 0 Å². The molecule has 3 aromatic rings. The molecule has 1 fully saturated rings. The molecule has 0 radical (unpaired) electrons. The number of imide groups is 1. The Hall–Kier alpha value is -3.74. The van der Waals surface area contributed by atoms with Crippen LogP contribution in [-0.2, 0) is 35.5 Å². The van der Waals surface area contributed by atoms with Crippen molar-refractivity contribution in [2.45, 2.75) is 52.2 Å². The van der Waals surface area contributed by atoms with Gasteiger partial charge in [0.25, 0.3) is 5.91 Å². The van der Waals surface area contributed by atoms with Crippen molar-refractivity contribution >= 4 is 28.7 Å². The Bertz CT molecular complexity index is 1350. The van der Waals surface area contributed by atoms with Gasteiger partial charge in [0.15, 0.2) is 0 Å². The maximum absolute atomic E-state index is 13.3. The molecule has 0 bridgehead atoms. The van der Waals surface area contributed by atoms with Crippen LogP contribution in [0, 0.1) is 5.41 Å². The predicted octanol–water partition coefficient (Wildman–Crippen LogP) is 3.83. The van der Waals surface area contributed by atoms with E-state index in [1.165, 1.54) is 4.90 Å². The molecule has 1 aromatic heterocycles. The summed E-state index contributed by atoms with van der Waals surface area (Å²) in [6, 6.07) is 15.8. The van der Waals surface area contributed by atoms with Gasteiger partial charge >= 0.3 is 6.03 Å². The number of carbonyl (C=O) groups is 3. The van der Waals surface area contributed by atoms with Crippen LogP contribution in [0.15, 0.2) is 54.7 Å². The average molecular weight is 471 g/mol. The Kier molecular flexibility index (Phi) is 5.38. The summed E-state index contributed by atoms with van der Waals surface area (Å²) >= 11 is 0. The second kappa shape index (κ2) is 8.18. The van der Waals surface area contributed by atoms with E-state index in [-0.39, 0.29) is 17.8 Å². The highest BCUT2D eigenvalue weighted by Gasteiger charge is 2.54. The van der Waals surface area contributed by atoms with Crippen LogP contribution < -0.4 is 5.32 Å². The summed E-state index contributed by atoms with van der Waals surface area (Å²) in [7, 11) is 1.68. The molecule has 180 valence electrons. The molecule has 7 heteroatoms. The maximum atomic E-state index is 13.3. The van der Waals surface area contributed by atoms with E-state index < -0.39 is 11.0 Å². The fraction of sp³-hybridized carbons (Fsp3) is 0.357. The Labute approximate surface area is 205 Å². The number of aromatic nitrogens is 1. The Morgan fingerprint density at radius 1 is 1.03 bits per heavy atom. The largest absolute Gasteiger partial charge is 0.334 e. The normalized spacial score (nSPS) is 19.4. The maximum Gasteiger partial charge on any atom is 0.324 e. The molecule has 1 spiro atoms. The lowest BCUT2D eigenvalue weighted by molar-refractivity contribution is -0.140. The second-order valence-corrected chi connectivity index (χ2v) is 10.8. The highest BCUT2D eigenvalue weighted by Crippen LogP contribution is 2.38. The number of rotatable bonds is 4. The number of hydrogen-bond donors (Lipinski definition) is 1. The monoisotopic (exact) mass is 470 g/mol. The third-order valence-corrected chi connectivity index (χ3v) is 7.13. The zero-order valence-corrected chi connectivity index (χ0v) is 20.6. The Morgan fingerprint density at radius 3 is 2.31 bits per heavy atom. The first-order chi connectivity index (χ1) is 16.6. The second-order valence-electron chi connectivity index (χ2n) is 10.8. The molecule has 0 saturated carbocycles. The lowest BCUT2D eigenvalue weighted by Crippen LogP contribution is -2.48. The van der Waals surface area contributed by atoms with Crippen molar-refractivity contribution < 1.29 is 14.4 Å². The summed E-state index contributed by atoms with van der Waals surface area (Å²) < 4.78 is 0. The van der Waals surface area contributed by atoms with Gasteiger partial charge in [-0.25, -0.2) is 4.79 Å². The molecule has 1 aliphatic carbocycles. The predicted molar refractivity (Wildman–Crippen MR) is 133 cm³/mol. The van der Waals surface area contributed by atoms with E-state index in [1.54, 1.807) is 7.05 Å². The van der Waals surface area contributed by atoms with Crippen molar-refractivity contribution in [1.82, 2.24) is 20.1 Å². The van der Waals surface area contributed by atoms with Gasteiger partial charge in [-0.3, -0.25) is 19.9 Å². The van der Waals surface area contributed by atoms with Crippen LogP contribution in [0.2, 0.25) is 0 Å². The molecule has 35 heavy (non-hydrogen) atoms. The highest BCUT2D eigenvalue weighted by atomic mass is 16.2. The van der Waals surface area contributed by atoms with Gasteiger partial charge in [0, 0.05) is 50.0 Å². The number of nitrogens with zero attached hydrogens (tertiary/aromatic N) is 3. The molecule has 2 aromatic carbocycles. The Balaban J connectivity index is 1.44. The molecule has 2 heterocycles. The van der Waals surface area contributed by atoms with Crippen LogP contribution >= 0.6 is 0 Å². The molecule has 5 rings (SSSR count). The number of urea groups is 1. The molecule has 0 unspecified atom stereocenters. The van der Waals surface area contributed by atoms with E-state index in [0.29, 0.717) is 25.9 Å². The summed E-state index contributed by atoms with van der Waals surface area (Å²) in [6.07, 6.45) is 2.80. The fourth-order valence-corrected chi connectivity index (χ4v) is 5.16. The summed E-state index contributed by atoms with van der Waals surface area (Å²) in [5.74, 6) is -0.159. The number of amides is 4. The standard InChI is InChI=1S/C28H30N4O3/c1-27(2,3)25(34)32(16-18-8-6-5-7-9-18)17-19-10-20-11-21-13-28(24(33)30-26(35)31(28)4)14-22(21)12-23(20)29-15-19/h5-12,15H,13-14,16-17H2,1-4H3,(H,30,33,35)/t28-/m1/s1. The smallest absolute Gasteiger partial charge is 0.324 e. The van der Waals surface area contributed by atoms with Gasteiger partial charge in [0.2, 0.25) is 5.91 Å². The van der Waals surface area contributed by atoms with Crippen molar-refractivity contribution in [2.75, 3.05) is 7.05 Å². The number of carbonyl (C=O) groups excluding carboxylic acids is 3. The van der Waals surface area contributed by atoms with Crippen molar-refractivity contribution in [3.8, 4) is 0 Å². The first-order valence-corrected chi connectivity index (χ1v) is 11.9. The van der Waals surface area contributed by atoms with Crippen LogP contribution in [-0.4, -0.2) is 45.2 Å². The fourth-order valence-electron chi connectivity index (χ4n) is 5.16. The molecular weight excluding hydrogens is 440 g/mol. The molecule has 1 N–H and O–H groups in total. The van der Waals surface area contributed by atoms with E-state index in [4.69, 9.17) is 0 Å². The minimum atomic E-state index is -0.856. The van der Waals surface area contributed by atoms with Crippen LogP contribution in [0.25, 0.3) is 10.9 Å². The van der Waals surface area contributed by atoms with Gasteiger partial charge in [0.05, 0.1) is 5.52 Å². The van der Waals surface area contributed by atoms with Crippen molar-refractivity contribution in [3.05, 3.63) is 77.0 Å². The highest BCUT2D eigenvalue weighted by molar-refractivity contribution is 6.08. The number of hydrogen-bond acceptors (Lipinski definition) is 4. The van der Waals surface area contributed by atoms with Crippen molar-refractivity contribution in [1.29, 1.82) is 0 Å².